The summed E-state index contributed by atoms with van der Waals surface area (Å²) in [5.74, 6) is 0.301. The van der Waals surface area contributed by atoms with E-state index in [9.17, 15) is 9.50 Å². The zero-order valence-corrected chi connectivity index (χ0v) is 11.0. The first-order chi connectivity index (χ1) is 8.37. The van der Waals surface area contributed by atoms with Gasteiger partial charge in [0.25, 0.3) is 0 Å². The maximum Gasteiger partial charge on any atom is 0.127 e. The Morgan fingerprint density at radius 1 is 1.56 bits per heavy atom. The zero-order chi connectivity index (χ0) is 13.3. The van der Waals surface area contributed by atoms with E-state index in [1.165, 1.54) is 12.1 Å². The summed E-state index contributed by atoms with van der Waals surface area (Å²) in [6.45, 7) is 6.22. The number of benzene rings is 1. The molecule has 1 aromatic rings. The van der Waals surface area contributed by atoms with E-state index in [0.717, 1.165) is 12.0 Å². The molecule has 0 bridgehead atoms. The Hall–Kier alpha value is -1.13. The minimum atomic E-state index is -0.403. The molecule has 1 aromatic carbocycles. The second-order valence-corrected chi connectivity index (χ2v) is 5.56. The minimum Gasteiger partial charge on any atom is -0.487 e. The van der Waals surface area contributed by atoms with Gasteiger partial charge in [0.2, 0.25) is 0 Å². The lowest BCUT2D eigenvalue weighted by molar-refractivity contribution is 0.0623. The van der Waals surface area contributed by atoms with Crippen LogP contribution in [-0.4, -0.2) is 23.4 Å². The number of aliphatic hydroxyl groups excluding tert-OH is 1. The average molecular weight is 253 g/mol. The Labute approximate surface area is 107 Å². The Morgan fingerprint density at radius 2 is 2.28 bits per heavy atom. The lowest BCUT2D eigenvalue weighted by Crippen LogP contribution is -2.41. The van der Waals surface area contributed by atoms with Crippen LogP contribution in [0, 0.1) is 5.82 Å². The molecular formula is C14H20FNO2. The molecule has 18 heavy (non-hydrogen) atoms. The van der Waals surface area contributed by atoms with E-state index in [-0.39, 0.29) is 17.5 Å². The van der Waals surface area contributed by atoms with Gasteiger partial charge in [0, 0.05) is 30.6 Å². The van der Waals surface area contributed by atoms with Gasteiger partial charge in [0.05, 0.1) is 6.10 Å². The molecular weight excluding hydrogens is 233 g/mol. The van der Waals surface area contributed by atoms with Crippen LogP contribution in [0.5, 0.6) is 5.75 Å². The van der Waals surface area contributed by atoms with Crippen molar-refractivity contribution in [3.63, 3.8) is 0 Å². The van der Waals surface area contributed by atoms with Crippen LogP contribution < -0.4 is 10.1 Å². The smallest absolute Gasteiger partial charge is 0.127 e. The summed E-state index contributed by atoms with van der Waals surface area (Å²) in [6.07, 6.45) is 0.387. The van der Waals surface area contributed by atoms with Gasteiger partial charge in [-0.3, -0.25) is 0 Å². The fourth-order valence-corrected chi connectivity index (χ4v) is 2.32. The highest BCUT2D eigenvalue weighted by Crippen LogP contribution is 2.39. The van der Waals surface area contributed by atoms with Crippen molar-refractivity contribution in [2.24, 2.45) is 0 Å². The topological polar surface area (TPSA) is 41.5 Å². The lowest BCUT2D eigenvalue weighted by atomic mass is 9.89. The molecule has 0 radical (unpaired) electrons. The average Bonchev–Trinajstić information content (AvgIpc) is 2.23. The number of aliphatic hydroxyl groups is 1. The van der Waals surface area contributed by atoms with E-state index in [1.807, 2.05) is 13.8 Å². The number of halogens is 1. The molecule has 1 aliphatic rings. The van der Waals surface area contributed by atoms with E-state index in [2.05, 4.69) is 5.32 Å². The molecule has 100 valence electrons. The van der Waals surface area contributed by atoms with E-state index < -0.39 is 6.10 Å². The van der Waals surface area contributed by atoms with Crippen molar-refractivity contribution in [2.45, 2.75) is 44.9 Å². The Bertz CT molecular complexity index is 432. The van der Waals surface area contributed by atoms with Crippen LogP contribution in [0.3, 0.4) is 0 Å². The van der Waals surface area contributed by atoms with E-state index in [4.69, 9.17) is 4.74 Å². The molecule has 1 aliphatic heterocycles. The van der Waals surface area contributed by atoms with Gasteiger partial charge in [0.1, 0.15) is 17.2 Å². The second-order valence-electron chi connectivity index (χ2n) is 5.56. The van der Waals surface area contributed by atoms with Gasteiger partial charge in [-0.05, 0) is 26.8 Å². The zero-order valence-electron chi connectivity index (χ0n) is 11.0. The van der Waals surface area contributed by atoms with Gasteiger partial charge in [-0.25, -0.2) is 4.39 Å². The molecule has 2 atom stereocenters. The maximum absolute atomic E-state index is 13.2. The highest BCUT2D eigenvalue weighted by molar-refractivity contribution is 5.39. The number of nitrogens with one attached hydrogen (secondary N) is 1. The monoisotopic (exact) mass is 253 g/mol. The number of rotatable bonds is 3. The molecule has 0 aliphatic carbocycles. The molecule has 0 aromatic heterocycles. The van der Waals surface area contributed by atoms with Gasteiger partial charge in [-0.1, -0.05) is 6.07 Å². The van der Waals surface area contributed by atoms with Gasteiger partial charge in [0.15, 0.2) is 0 Å². The van der Waals surface area contributed by atoms with Crippen molar-refractivity contribution >= 4 is 0 Å². The van der Waals surface area contributed by atoms with E-state index in [0.29, 0.717) is 12.3 Å². The third-order valence-electron chi connectivity index (χ3n) is 3.09. The predicted molar refractivity (Wildman–Crippen MR) is 68.1 cm³/mol. The molecule has 0 spiro atoms. The normalized spacial score (nSPS) is 23.1. The molecule has 3 nitrogen and oxygen atoms in total. The highest BCUT2D eigenvalue weighted by Gasteiger charge is 2.33. The van der Waals surface area contributed by atoms with Gasteiger partial charge < -0.3 is 15.2 Å². The van der Waals surface area contributed by atoms with Crippen molar-refractivity contribution in [3.05, 3.63) is 29.6 Å². The van der Waals surface area contributed by atoms with Crippen molar-refractivity contribution in [3.8, 4) is 5.75 Å². The van der Waals surface area contributed by atoms with Gasteiger partial charge in [-0.2, -0.15) is 0 Å². The van der Waals surface area contributed by atoms with Crippen molar-refractivity contribution in [1.29, 1.82) is 0 Å². The first-order valence-electron chi connectivity index (χ1n) is 6.27. The maximum atomic E-state index is 13.2. The Balaban J connectivity index is 2.26. The van der Waals surface area contributed by atoms with Crippen molar-refractivity contribution in [1.82, 2.24) is 5.32 Å². The Kier molecular flexibility index (Phi) is 3.59. The van der Waals surface area contributed by atoms with Crippen LogP contribution in [-0.2, 0) is 0 Å². The summed E-state index contributed by atoms with van der Waals surface area (Å²) in [5, 5.41) is 12.7. The third kappa shape index (κ3) is 3.00. The van der Waals surface area contributed by atoms with Crippen LogP contribution in [0.1, 0.15) is 38.8 Å². The molecule has 0 amide bonds. The first kappa shape index (κ1) is 13.3. The third-order valence-corrected chi connectivity index (χ3v) is 3.09. The molecule has 0 saturated carbocycles. The molecule has 1 heterocycles. The number of hydrogen-bond donors (Lipinski definition) is 2. The summed E-state index contributed by atoms with van der Waals surface area (Å²) in [5.41, 5.74) is 0.619. The van der Waals surface area contributed by atoms with Crippen molar-refractivity contribution < 1.29 is 14.2 Å². The summed E-state index contributed by atoms with van der Waals surface area (Å²) in [7, 11) is 0. The minimum absolute atomic E-state index is 0.0824. The van der Waals surface area contributed by atoms with Crippen molar-refractivity contribution in [2.75, 3.05) is 6.54 Å². The molecule has 0 fully saturated rings. The molecule has 2 rings (SSSR count). The van der Waals surface area contributed by atoms with Crippen LogP contribution >= 0.6 is 0 Å². The highest BCUT2D eigenvalue weighted by atomic mass is 19.1. The van der Waals surface area contributed by atoms with Gasteiger partial charge >= 0.3 is 0 Å². The van der Waals surface area contributed by atoms with E-state index >= 15 is 0 Å². The Morgan fingerprint density at radius 3 is 2.94 bits per heavy atom. The SMILES string of the molecule is CC(O)CNC1CC(C)(C)Oc2cc(F)ccc21. The fraction of sp³-hybridized carbons (Fsp3) is 0.571. The van der Waals surface area contributed by atoms with Crippen LogP contribution in [0.25, 0.3) is 0 Å². The van der Waals surface area contributed by atoms with Crippen LogP contribution in [0.2, 0.25) is 0 Å². The molecule has 2 N–H and O–H groups in total. The summed E-state index contributed by atoms with van der Waals surface area (Å²) in [6, 6.07) is 4.70. The largest absolute Gasteiger partial charge is 0.487 e. The standard InChI is InChI=1S/C14H20FNO2/c1-9(17)8-16-12-7-14(2,3)18-13-6-10(15)4-5-11(12)13/h4-6,9,12,16-17H,7-8H2,1-3H3. The lowest BCUT2D eigenvalue weighted by Gasteiger charge is -2.38. The van der Waals surface area contributed by atoms with Crippen LogP contribution in [0.15, 0.2) is 18.2 Å². The summed E-state index contributed by atoms with van der Waals surface area (Å²) < 4.78 is 19.0. The number of hydrogen-bond acceptors (Lipinski definition) is 3. The van der Waals surface area contributed by atoms with Gasteiger partial charge in [-0.15, -0.1) is 0 Å². The number of ether oxygens (including phenoxy) is 1. The quantitative estimate of drug-likeness (QED) is 0.869. The van der Waals surface area contributed by atoms with E-state index in [1.54, 1.807) is 13.0 Å². The summed E-state index contributed by atoms with van der Waals surface area (Å²) in [4.78, 5) is 0. The second kappa shape index (κ2) is 4.86. The van der Waals surface area contributed by atoms with Crippen LogP contribution in [0.4, 0.5) is 4.39 Å². The molecule has 2 unspecified atom stereocenters. The molecule has 4 heteroatoms. The fourth-order valence-electron chi connectivity index (χ4n) is 2.32. The molecule has 0 saturated heterocycles. The predicted octanol–water partition coefficient (Wildman–Crippen LogP) is 2.40. The first-order valence-corrected chi connectivity index (χ1v) is 6.27. The summed E-state index contributed by atoms with van der Waals surface area (Å²) >= 11 is 0. The number of fused-ring (bicyclic) bond motifs is 1.